The Morgan fingerprint density at radius 2 is 2.07 bits per heavy atom. The lowest BCUT2D eigenvalue weighted by Gasteiger charge is -2.32. The van der Waals surface area contributed by atoms with Gasteiger partial charge in [0.2, 0.25) is 5.91 Å². The number of nitrogens with two attached hydrogens (primary N) is 1. The Hall–Kier alpha value is -0.570. The van der Waals surface area contributed by atoms with Crippen LogP contribution in [0.3, 0.4) is 0 Å². The van der Waals surface area contributed by atoms with Crippen LogP contribution < -0.4 is 5.73 Å². The number of carbonyl (C=O) groups excluding carboxylic acids is 1. The van der Waals surface area contributed by atoms with Gasteiger partial charge in [0.1, 0.15) is 0 Å². The van der Waals surface area contributed by atoms with Crippen molar-refractivity contribution >= 4 is 5.91 Å². The van der Waals surface area contributed by atoms with Crippen LogP contribution >= 0.6 is 0 Å². The van der Waals surface area contributed by atoms with Crippen molar-refractivity contribution in [2.75, 3.05) is 20.1 Å². The van der Waals surface area contributed by atoms with Crippen molar-refractivity contribution in [1.82, 2.24) is 4.90 Å². The van der Waals surface area contributed by atoms with Gasteiger partial charge in [0.15, 0.2) is 0 Å². The zero-order valence-electron chi connectivity index (χ0n) is 9.33. The van der Waals surface area contributed by atoms with E-state index in [4.69, 9.17) is 5.73 Å². The van der Waals surface area contributed by atoms with Crippen LogP contribution in [-0.2, 0) is 4.79 Å². The van der Waals surface area contributed by atoms with Crippen LogP contribution in [0.1, 0.15) is 32.6 Å². The van der Waals surface area contributed by atoms with Crippen LogP contribution in [0.2, 0.25) is 0 Å². The van der Waals surface area contributed by atoms with Crippen LogP contribution in [0.25, 0.3) is 0 Å². The second kappa shape index (κ2) is 5.35. The molecule has 0 saturated heterocycles. The van der Waals surface area contributed by atoms with Gasteiger partial charge in [0.25, 0.3) is 0 Å². The summed E-state index contributed by atoms with van der Waals surface area (Å²) in [6, 6.07) is 0. The molecule has 2 N–H and O–H groups in total. The summed E-state index contributed by atoms with van der Waals surface area (Å²) in [6.45, 7) is 3.47. The van der Waals surface area contributed by atoms with Crippen LogP contribution in [-0.4, -0.2) is 30.9 Å². The van der Waals surface area contributed by atoms with E-state index in [0.717, 1.165) is 19.4 Å². The highest BCUT2D eigenvalue weighted by molar-refractivity contribution is 5.79. The molecule has 0 aromatic carbocycles. The van der Waals surface area contributed by atoms with Crippen LogP contribution in [0.5, 0.6) is 0 Å². The largest absolute Gasteiger partial charge is 0.346 e. The Balaban J connectivity index is 2.58. The predicted molar refractivity (Wildman–Crippen MR) is 57.8 cm³/mol. The van der Waals surface area contributed by atoms with E-state index in [1.807, 2.05) is 18.9 Å². The summed E-state index contributed by atoms with van der Waals surface area (Å²) in [7, 11) is 1.88. The highest BCUT2D eigenvalue weighted by Gasteiger charge is 2.31. The van der Waals surface area contributed by atoms with Gasteiger partial charge >= 0.3 is 0 Å². The van der Waals surface area contributed by atoms with Crippen LogP contribution in [0.4, 0.5) is 0 Å². The van der Waals surface area contributed by atoms with E-state index < -0.39 is 0 Å². The van der Waals surface area contributed by atoms with Gasteiger partial charge in [-0.1, -0.05) is 12.8 Å². The second-order valence-corrected chi connectivity index (χ2v) is 4.24. The number of carbonyl (C=O) groups is 1. The molecule has 1 aliphatic carbocycles. The Kier molecular flexibility index (Phi) is 4.39. The van der Waals surface area contributed by atoms with E-state index in [1.54, 1.807) is 0 Å². The first-order valence-corrected chi connectivity index (χ1v) is 5.65. The van der Waals surface area contributed by atoms with E-state index in [9.17, 15) is 4.79 Å². The van der Waals surface area contributed by atoms with E-state index >= 15 is 0 Å². The van der Waals surface area contributed by atoms with E-state index in [-0.39, 0.29) is 5.92 Å². The van der Waals surface area contributed by atoms with Crippen molar-refractivity contribution in [2.24, 2.45) is 17.6 Å². The van der Waals surface area contributed by atoms with Crippen molar-refractivity contribution in [1.29, 1.82) is 0 Å². The number of hydrogen-bond donors (Lipinski definition) is 1. The average molecular weight is 198 g/mol. The summed E-state index contributed by atoms with van der Waals surface area (Å²) in [5.41, 5.74) is 5.70. The van der Waals surface area contributed by atoms with Gasteiger partial charge in [0, 0.05) is 19.5 Å². The molecule has 1 saturated carbocycles. The number of rotatable bonds is 3. The van der Waals surface area contributed by atoms with Gasteiger partial charge in [-0.2, -0.15) is 0 Å². The predicted octanol–water partition coefficient (Wildman–Crippen LogP) is 1.23. The molecule has 3 heteroatoms. The van der Waals surface area contributed by atoms with Gasteiger partial charge in [-0.05, 0) is 32.2 Å². The lowest BCUT2D eigenvalue weighted by molar-refractivity contribution is -0.136. The normalized spacial score (nSPS) is 27.4. The molecular weight excluding hydrogens is 176 g/mol. The highest BCUT2D eigenvalue weighted by Crippen LogP contribution is 2.30. The first-order chi connectivity index (χ1) is 6.70. The van der Waals surface area contributed by atoms with Crippen molar-refractivity contribution in [3.8, 4) is 0 Å². The molecule has 14 heavy (non-hydrogen) atoms. The van der Waals surface area contributed by atoms with Crippen molar-refractivity contribution in [3.05, 3.63) is 0 Å². The fraction of sp³-hybridized carbons (Fsp3) is 0.909. The zero-order chi connectivity index (χ0) is 10.6. The second-order valence-electron chi connectivity index (χ2n) is 4.24. The molecule has 0 radical (unpaired) electrons. The number of hydrogen-bond acceptors (Lipinski definition) is 2. The Morgan fingerprint density at radius 3 is 2.64 bits per heavy atom. The summed E-state index contributed by atoms with van der Waals surface area (Å²) in [6.07, 6.45) is 4.58. The minimum atomic E-state index is 0.193. The van der Waals surface area contributed by atoms with E-state index in [1.165, 1.54) is 12.8 Å². The Labute approximate surface area is 86.6 Å². The maximum absolute atomic E-state index is 12.0. The lowest BCUT2D eigenvalue weighted by atomic mass is 9.78. The van der Waals surface area contributed by atoms with Crippen molar-refractivity contribution < 1.29 is 4.79 Å². The molecule has 1 amide bonds. The zero-order valence-corrected chi connectivity index (χ0v) is 9.33. The van der Waals surface area contributed by atoms with Crippen LogP contribution in [0, 0.1) is 11.8 Å². The van der Waals surface area contributed by atoms with Gasteiger partial charge in [-0.3, -0.25) is 4.79 Å². The summed E-state index contributed by atoms with van der Waals surface area (Å²) in [5.74, 6) is 0.909. The third kappa shape index (κ3) is 2.47. The summed E-state index contributed by atoms with van der Waals surface area (Å²) in [5, 5.41) is 0. The Morgan fingerprint density at radius 1 is 1.43 bits per heavy atom. The smallest absolute Gasteiger partial charge is 0.225 e. The quantitative estimate of drug-likeness (QED) is 0.741. The maximum Gasteiger partial charge on any atom is 0.225 e. The highest BCUT2D eigenvalue weighted by atomic mass is 16.2. The molecule has 1 rings (SSSR count). The van der Waals surface area contributed by atoms with Gasteiger partial charge < -0.3 is 10.6 Å². The molecule has 3 nitrogen and oxygen atoms in total. The minimum absolute atomic E-state index is 0.193. The molecule has 1 fully saturated rings. The number of amides is 1. The molecule has 2 unspecified atom stereocenters. The first kappa shape index (κ1) is 11.5. The monoisotopic (exact) mass is 198 g/mol. The molecule has 0 spiro atoms. The summed E-state index contributed by atoms with van der Waals surface area (Å²) < 4.78 is 0. The van der Waals surface area contributed by atoms with Gasteiger partial charge in [0.05, 0.1) is 0 Å². The SMILES string of the molecule is CCN(C)C(=O)C1CCCCC1CN. The molecule has 0 aromatic rings. The lowest BCUT2D eigenvalue weighted by Crippen LogP contribution is -2.40. The molecular formula is C11H22N2O. The van der Waals surface area contributed by atoms with Crippen LogP contribution in [0.15, 0.2) is 0 Å². The van der Waals surface area contributed by atoms with Gasteiger partial charge in [-0.25, -0.2) is 0 Å². The number of nitrogens with zero attached hydrogens (tertiary/aromatic N) is 1. The molecule has 0 bridgehead atoms. The van der Waals surface area contributed by atoms with Crippen molar-refractivity contribution in [3.63, 3.8) is 0 Å². The average Bonchev–Trinajstić information content (AvgIpc) is 2.26. The minimum Gasteiger partial charge on any atom is -0.346 e. The molecule has 0 aromatic heterocycles. The van der Waals surface area contributed by atoms with Crippen molar-refractivity contribution in [2.45, 2.75) is 32.6 Å². The van der Waals surface area contributed by atoms with E-state index in [2.05, 4.69) is 0 Å². The molecule has 0 aliphatic heterocycles. The fourth-order valence-corrected chi connectivity index (χ4v) is 2.25. The Bertz CT molecular complexity index is 194. The topological polar surface area (TPSA) is 46.3 Å². The molecule has 1 aliphatic rings. The first-order valence-electron chi connectivity index (χ1n) is 5.65. The van der Waals surface area contributed by atoms with E-state index in [0.29, 0.717) is 18.4 Å². The summed E-state index contributed by atoms with van der Waals surface area (Å²) >= 11 is 0. The third-order valence-electron chi connectivity index (χ3n) is 3.38. The molecule has 0 heterocycles. The third-order valence-corrected chi connectivity index (χ3v) is 3.38. The molecule has 2 atom stereocenters. The standard InChI is InChI=1S/C11H22N2O/c1-3-13(2)11(14)10-7-5-4-6-9(10)8-12/h9-10H,3-8,12H2,1-2H3. The maximum atomic E-state index is 12.0. The van der Waals surface area contributed by atoms with Gasteiger partial charge in [-0.15, -0.1) is 0 Å². The fourth-order valence-electron chi connectivity index (χ4n) is 2.25. The summed E-state index contributed by atoms with van der Waals surface area (Å²) in [4.78, 5) is 13.8. The molecule has 82 valence electrons.